The molecule has 0 radical (unpaired) electrons. The minimum absolute atomic E-state index is 0.245. The number of halogens is 2. The van der Waals surface area contributed by atoms with Gasteiger partial charge in [-0.05, 0) is 73.9 Å². The van der Waals surface area contributed by atoms with E-state index in [1.165, 1.54) is 59.5 Å². The molecule has 0 fully saturated rings. The predicted molar refractivity (Wildman–Crippen MR) is 135 cm³/mol. The molecule has 0 saturated carbocycles. The van der Waals surface area contributed by atoms with Crippen molar-refractivity contribution in [2.45, 2.75) is 26.3 Å². The van der Waals surface area contributed by atoms with E-state index in [1.54, 1.807) is 44.2 Å². The second kappa shape index (κ2) is 11.7. The number of carbonyl (C=O) groups is 2. The Balaban J connectivity index is 1.93. The number of rotatable bonds is 9. The normalized spacial score (nSPS) is 12.5. The van der Waals surface area contributed by atoms with Crippen molar-refractivity contribution in [3.63, 3.8) is 0 Å². The van der Waals surface area contributed by atoms with Gasteiger partial charge >= 0.3 is 0 Å². The molecular weight excluding hydrogens is 486 g/mol. The molecule has 188 valence electrons. The highest BCUT2D eigenvalue weighted by Crippen LogP contribution is 2.23. The van der Waals surface area contributed by atoms with Crippen LogP contribution in [0.15, 0.2) is 84.3 Å². The lowest BCUT2D eigenvalue weighted by molar-refractivity contribution is -0.132. The van der Waals surface area contributed by atoms with E-state index in [1.807, 2.05) is 4.72 Å². The van der Waals surface area contributed by atoms with E-state index in [0.717, 1.165) is 5.41 Å². The Morgan fingerprint density at radius 3 is 2.19 bits per heavy atom. The molecule has 1 atom stereocenters. The van der Waals surface area contributed by atoms with Crippen LogP contribution in [0.5, 0.6) is 0 Å². The molecule has 1 unspecified atom stereocenters. The average molecular weight is 513 g/mol. The van der Waals surface area contributed by atoms with Crippen molar-refractivity contribution >= 4 is 33.6 Å². The number of carbonyl (C=O) groups excluding carboxylic acids is 2. The standard InChI is InChI=1S/C27H26F2N2O4S/c1-19(2)31(24-13-11-22(28)12-14-24)27(33)25(18-21-9-6-10-23(29)17-21)26(32)30-36(34,35)16-15-20-7-4-3-5-8-20/h3-17,19,25H,18H2,1-2H3,(H,30,32)/b16-15+. The number of hydrogen-bond acceptors (Lipinski definition) is 4. The summed E-state index contributed by atoms with van der Waals surface area (Å²) in [5.74, 6) is -4.33. The Hall–Kier alpha value is -3.85. The van der Waals surface area contributed by atoms with Gasteiger partial charge in [-0.15, -0.1) is 0 Å². The van der Waals surface area contributed by atoms with Gasteiger partial charge in [0.15, 0.2) is 0 Å². The summed E-state index contributed by atoms with van der Waals surface area (Å²) in [6.07, 6.45) is 1.07. The van der Waals surface area contributed by atoms with Crippen LogP contribution in [0.4, 0.5) is 14.5 Å². The molecule has 0 aliphatic heterocycles. The van der Waals surface area contributed by atoms with Gasteiger partial charge in [0, 0.05) is 11.7 Å². The van der Waals surface area contributed by atoms with E-state index in [4.69, 9.17) is 0 Å². The van der Waals surface area contributed by atoms with E-state index in [-0.39, 0.29) is 6.42 Å². The highest BCUT2D eigenvalue weighted by molar-refractivity contribution is 7.93. The number of hydrogen-bond donors (Lipinski definition) is 1. The number of sulfonamides is 1. The molecule has 0 saturated heterocycles. The monoisotopic (exact) mass is 512 g/mol. The SMILES string of the molecule is CC(C)N(C(=O)C(Cc1cccc(F)c1)C(=O)NS(=O)(=O)/C=C/c1ccccc1)c1ccc(F)cc1. The van der Waals surface area contributed by atoms with Crippen LogP contribution in [0.2, 0.25) is 0 Å². The van der Waals surface area contributed by atoms with Gasteiger partial charge in [0.25, 0.3) is 10.0 Å². The van der Waals surface area contributed by atoms with E-state index >= 15 is 0 Å². The molecule has 0 spiro atoms. The molecular formula is C27H26F2N2O4S. The fourth-order valence-electron chi connectivity index (χ4n) is 3.62. The zero-order chi connectivity index (χ0) is 26.3. The third-order valence-corrected chi connectivity index (χ3v) is 6.26. The Bertz CT molecular complexity index is 1340. The fraction of sp³-hybridized carbons (Fsp3) is 0.185. The summed E-state index contributed by atoms with van der Waals surface area (Å²) in [7, 11) is -4.25. The summed E-state index contributed by atoms with van der Waals surface area (Å²) in [5.41, 5.74) is 1.27. The van der Waals surface area contributed by atoms with Crippen LogP contribution in [0.3, 0.4) is 0 Å². The Kier molecular flexibility index (Phi) is 8.71. The third-order valence-electron chi connectivity index (χ3n) is 5.28. The van der Waals surface area contributed by atoms with Gasteiger partial charge in [0.05, 0.1) is 5.41 Å². The van der Waals surface area contributed by atoms with E-state index in [2.05, 4.69) is 0 Å². The minimum atomic E-state index is -4.25. The zero-order valence-corrected chi connectivity index (χ0v) is 20.6. The number of benzene rings is 3. The molecule has 0 aromatic heterocycles. The molecule has 0 aliphatic rings. The van der Waals surface area contributed by atoms with Crippen molar-refractivity contribution in [1.82, 2.24) is 4.72 Å². The maximum absolute atomic E-state index is 13.8. The van der Waals surface area contributed by atoms with Crippen LogP contribution >= 0.6 is 0 Å². The molecule has 1 N–H and O–H groups in total. The molecule has 2 amide bonds. The summed E-state index contributed by atoms with van der Waals surface area (Å²) in [5, 5.41) is 0.837. The molecule has 0 bridgehead atoms. The second-order valence-corrected chi connectivity index (χ2v) is 9.96. The van der Waals surface area contributed by atoms with Gasteiger partial charge in [-0.2, -0.15) is 0 Å². The molecule has 9 heteroatoms. The number of amides is 2. The summed E-state index contributed by atoms with van der Waals surface area (Å²) < 4.78 is 54.4. The van der Waals surface area contributed by atoms with E-state index < -0.39 is 45.4 Å². The fourth-order valence-corrected chi connectivity index (χ4v) is 4.45. The van der Waals surface area contributed by atoms with Gasteiger partial charge < -0.3 is 4.90 Å². The van der Waals surface area contributed by atoms with Crippen LogP contribution in [-0.2, 0) is 26.0 Å². The molecule has 0 heterocycles. The first-order chi connectivity index (χ1) is 17.1. The van der Waals surface area contributed by atoms with Crippen molar-refractivity contribution in [2.75, 3.05) is 4.90 Å². The topological polar surface area (TPSA) is 83.6 Å². The molecule has 36 heavy (non-hydrogen) atoms. The zero-order valence-electron chi connectivity index (χ0n) is 19.8. The van der Waals surface area contributed by atoms with Crippen LogP contribution in [0.25, 0.3) is 6.08 Å². The van der Waals surface area contributed by atoms with E-state index in [9.17, 15) is 26.8 Å². The Morgan fingerprint density at radius 1 is 0.917 bits per heavy atom. The van der Waals surface area contributed by atoms with Crippen LogP contribution in [-0.4, -0.2) is 26.3 Å². The second-order valence-electron chi connectivity index (χ2n) is 8.39. The average Bonchev–Trinajstić information content (AvgIpc) is 2.83. The Labute approximate surface area is 209 Å². The van der Waals surface area contributed by atoms with Crippen molar-refractivity contribution in [3.8, 4) is 0 Å². The third kappa shape index (κ3) is 7.32. The lowest BCUT2D eigenvalue weighted by atomic mass is 9.96. The molecule has 0 aliphatic carbocycles. The van der Waals surface area contributed by atoms with Gasteiger partial charge in [0.2, 0.25) is 11.8 Å². The number of anilines is 1. The van der Waals surface area contributed by atoms with Crippen molar-refractivity contribution in [3.05, 3.63) is 107 Å². The lowest BCUT2D eigenvalue weighted by Crippen LogP contribution is -2.48. The maximum Gasteiger partial charge on any atom is 0.257 e. The predicted octanol–water partition coefficient (Wildman–Crippen LogP) is 4.68. The lowest BCUT2D eigenvalue weighted by Gasteiger charge is -2.30. The van der Waals surface area contributed by atoms with Crippen LogP contribution in [0.1, 0.15) is 25.0 Å². The molecule has 3 rings (SSSR count). The largest absolute Gasteiger partial charge is 0.309 e. The van der Waals surface area contributed by atoms with Gasteiger partial charge in [-0.25, -0.2) is 21.9 Å². The van der Waals surface area contributed by atoms with Crippen molar-refractivity contribution in [2.24, 2.45) is 5.92 Å². The first-order valence-electron chi connectivity index (χ1n) is 11.2. The van der Waals surface area contributed by atoms with Crippen molar-refractivity contribution < 1.29 is 26.8 Å². The smallest absolute Gasteiger partial charge is 0.257 e. The highest BCUT2D eigenvalue weighted by Gasteiger charge is 2.34. The molecule has 6 nitrogen and oxygen atoms in total. The number of nitrogens with zero attached hydrogens (tertiary/aromatic N) is 1. The minimum Gasteiger partial charge on any atom is -0.309 e. The first kappa shape index (κ1) is 26.7. The molecule has 3 aromatic carbocycles. The van der Waals surface area contributed by atoms with Gasteiger partial charge in [-0.1, -0.05) is 42.5 Å². The first-order valence-corrected chi connectivity index (χ1v) is 12.7. The summed E-state index contributed by atoms with van der Waals surface area (Å²) in [4.78, 5) is 28.1. The van der Waals surface area contributed by atoms with Crippen LogP contribution < -0.4 is 9.62 Å². The summed E-state index contributed by atoms with van der Waals surface area (Å²) in [6.45, 7) is 3.41. The number of nitrogens with one attached hydrogen (secondary N) is 1. The highest BCUT2D eigenvalue weighted by atomic mass is 32.2. The van der Waals surface area contributed by atoms with Gasteiger partial charge in [-0.3, -0.25) is 9.59 Å². The van der Waals surface area contributed by atoms with Gasteiger partial charge in [0.1, 0.15) is 17.6 Å². The van der Waals surface area contributed by atoms with Crippen LogP contribution in [0, 0.1) is 17.6 Å². The van der Waals surface area contributed by atoms with Crippen molar-refractivity contribution in [1.29, 1.82) is 0 Å². The van der Waals surface area contributed by atoms with E-state index in [0.29, 0.717) is 16.8 Å². The summed E-state index contributed by atoms with van der Waals surface area (Å²) in [6, 6.07) is 18.7. The Morgan fingerprint density at radius 2 is 1.58 bits per heavy atom. The quantitative estimate of drug-likeness (QED) is 0.422. The maximum atomic E-state index is 13.8. The summed E-state index contributed by atoms with van der Waals surface area (Å²) >= 11 is 0. The molecule has 3 aromatic rings.